The minimum Gasteiger partial charge on any atom is -0.357 e. The van der Waals surface area contributed by atoms with Gasteiger partial charge < -0.3 is 10.2 Å². The number of carbonyl (C=O) groups excluding carboxylic acids is 2. The number of aromatic nitrogens is 1. The van der Waals surface area contributed by atoms with Crippen molar-refractivity contribution in [3.05, 3.63) is 89.7 Å². The third-order valence-corrected chi connectivity index (χ3v) is 4.92. The average Bonchev–Trinajstić information content (AvgIpc) is 2.74. The van der Waals surface area contributed by atoms with Crippen molar-refractivity contribution in [2.45, 2.75) is 12.6 Å². The number of halogens is 1. The van der Waals surface area contributed by atoms with Crippen LogP contribution in [0.1, 0.15) is 17.2 Å². The number of fused-ring (bicyclic) bond motifs is 1. The number of nitrogens with zero attached hydrogens (tertiary/aromatic N) is 2. The zero-order chi connectivity index (χ0) is 20.1. The average molecular weight is 394 g/mol. The maximum atomic E-state index is 12.9. The van der Waals surface area contributed by atoms with Gasteiger partial charge >= 0.3 is 0 Å². The quantitative estimate of drug-likeness (QED) is 0.646. The second-order valence-corrected chi connectivity index (χ2v) is 6.64. The molecule has 5 nitrogen and oxygen atoms in total. The molecule has 0 aliphatic carbocycles. The Morgan fingerprint density at radius 3 is 2.61 bits per heavy atom. The molecule has 0 saturated carbocycles. The van der Waals surface area contributed by atoms with Crippen LogP contribution in [0.4, 0.5) is 0 Å². The normalized spacial score (nSPS) is 11.6. The van der Waals surface area contributed by atoms with Crippen molar-refractivity contribution < 1.29 is 9.59 Å². The fraction of sp³-hybridized carbons (Fsp3) is 0.136. The molecule has 28 heavy (non-hydrogen) atoms. The lowest BCUT2D eigenvalue weighted by Gasteiger charge is -2.31. The van der Waals surface area contributed by atoms with Crippen molar-refractivity contribution in [3.63, 3.8) is 0 Å². The molecule has 1 atom stereocenters. The zero-order valence-corrected chi connectivity index (χ0v) is 16.2. The largest absolute Gasteiger partial charge is 0.357 e. The lowest BCUT2D eigenvalue weighted by atomic mass is 9.98. The van der Waals surface area contributed by atoms with Gasteiger partial charge in [0.1, 0.15) is 6.04 Å². The summed E-state index contributed by atoms with van der Waals surface area (Å²) >= 11 is 6.30. The molecular weight excluding hydrogens is 374 g/mol. The summed E-state index contributed by atoms with van der Waals surface area (Å²) in [5.41, 5.74) is 1.38. The first-order valence-corrected chi connectivity index (χ1v) is 9.15. The second kappa shape index (κ2) is 8.67. The van der Waals surface area contributed by atoms with E-state index < -0.39 is 6.04 Å². The molecule has 0 fully saturated rings. The predicted octanol–water partition coefficient (Wildman–Crippen LogP) is 3.89. The maximum Gasteiger partial charge on any atom is 0.247 e. The standard InChI is InChI=1S/C22H20ClN3O2/c1-3-20(27)26(14-16-9-5-7-11-19(16)23)21(22(28)24-2)18-13-25-12-15-8-4-6-10-17(15)18/h3-13,21H,1,14H2,2H3,(H,24,28). The van der Waals surface area contributed by atoms with Gasteiger partial charge in [-0.05, 0) is 23.1 Å². The van der Waals surface area contributed by atoms with Crippen LogP contribution >= 0.6 is 11.6 Å². The minimum atomic E-state index is -0.884. The Labute approximate surface area is 168 Å². The molecule has 2 amide bonds. The van der Waals surface area contributed by atoms with Gasteiger partial charge in [0.2, 0.25) is 11.8 Å². The topological polar surface area (TPSA) is 62.3 Å². The van der Waals surface area contributed by atoms with E-state index in [9.17, 15) is 9.59 Å². The predicted molar refractivity (Wildman–Crippen MR) is 111 cm³/mol. The second-order valence-electron chi connectivity index (χ2n) is 6.23. The van der Waals surface area contributed by atoms with E-state index in [4.69, 9.17) is 11.6 Å². The first-order valence-electron chi connectivity index (χ1n) is 8.77. The van der Waals surface area contributed by atoms with Gasteiger partial charge in [-0.3, -0.25) is 14.6 Å². The van der Waals surface area contributed by atoms with Gasteiger partial charge in [0.25, 0.3) is 0 Å². The van der Waals surface area contributed by atoms with E-state index in [0.29, 0.717) is 10.6 Å². The van der Waals surface area contributed by atoms with Crippen LogP contribution in [0.5, 0.6) is 0 Å². The first-order chi connectivity index (χ1) is 13.6. The molecule has 2 aromatic carbocycles. The molecule has 1 aromatic heterocycles. The summed E-state index contributed by atoms with van der Waals surface area (Å²) in [6.07, 6.45) is 4.55. The molecule has 1 unspecified atom stereocenters. The molecule has 3 rings (SSSR count). The third kappa shape index (κ3) is 3.89. The van der Waals surface area contributed by atoms with E-state index in [1.807, 2.05) is 42.5 Å². The molecule has 3 aromatic rings. The van der Waals surface area contributed by atoms with Gasteiger partial charge in [0.05, 0.1) is 0 Å². The lowest BCUT2D eigenvalue weighted by Crippen LogP contribution is -2.42. The van der Waals surface area contributed by atoms with E-state index >= 15 is 0 Å². The molecule has 0 saturated heterocycles. The Morgan fingerprint density at radius 1 is 1.18 bits per heavy atom. The Bertz CT molecular complexity index is 1030. The van der Waals surface area contributed by atoms with Crippen LogP contribution in [-0.2, 0) is 16.1 Å². The molecular formula is C22H20ClN3O2. The summed E-state index contributed by atoms with van der Waals surface area (Å²) in [4.78, 5) is 31.4. The van der Waals surface area contributed by atoms with Crippen molar-refractivity contribution in [3.8, 4) is 0 Å². The van der Waals surface area contributed by atoms with Crippen LogP contribution in [-0.4, -0.2) is 28.7 Å². The van der Waals surface area contributed by atoms with Gasteiger partial charge in [-0.2, -0.15) is 0 Å². The molecule has 0 aliphatic heterocycles. The smallest absolute Gasteiger partial charge is 0.247 e. The maximum absolute atomic E-state index is 12.9. The fourth-order valence-corrected chi connectivity index (χ4v) is 3.36. The minimum absolute atomic E-state index is 0.159. The molecule has 6 heteroatoms. The van der Waals surface area contributed by atoms with Crippen molar-refractivity contribution in [1.29, 1.82) is 0 Å². The monoisotopic (exact) mass is 393 g/mol. The van der Waals surface area contributed by atoms with Gasteiger partial charge in [-0.1, -0.05) is 60.6 Å². The number of nitrogens with one attached hydrogen (secondary N) is 1. The molecule has 1 N–H and O–H groups in total. The summed E-state index contributed by atoms with van der Waals surface area (Å²) in [5.74, 6) is -0.693. The molecule has 142 valence electrons. The van der Waals surface area contributed by atoms with E-state index in [1.54, 1.807) is 25.5 Å². The van der Waals surface area contributed by atoms with Gasteiger partial charge in [-0.15, -0.1) is 0 Å². The van der Waals surface area contributed by atoms with Crippen LogP contribution < -0.4 is 5.32 Å². The molecule has 0 spiro atoms. The number of likely N-dealkylation sites (N-methyl/N-ethyl adjacent to an activating group) is 1. The highest BCUT2D eigenvalue weighted by molar-refractivity contribution is 6.31. The van der Waals surface area contributed by atoms with Crippen LogP contribution in [0.2, 0.25) is 5.02 Å². The Balaban J connectivity index is 2.16. The molecule has 0 bridgehead atoms. The SMILES string of the molecule is C=CC(=O)N(Cc1ccccc1Cl)C(C(=O)NC)c1cncc2ccccc12. The summed E-state index contributed by atoms with van der Waals surface area (Å²) in [7, 11) is 1.54. The summed E-state index contributed by atoms with van der Waals surface area (Å²) in [5, 5.41) is 4.92. The molecule has 1 heterocycles. The van der Waals surface area contributed by atoms with Gasteiger partial charge in [0.15, 0.2) is 0 Å². The number of benzene rings is 2. The summed E-state index contributed by atoms with van der Waals surface area (Å²) in [6, 6.07) is 14.0. The zero-order valence-electron chi connectivity index (χ0n) is 15.4. The molecule has 0 aliphatic rings. The van der Waals surface area contributed by atoms with Crippen LogP contribution in [0.15, 0.2) is 73.6 Å². The number of amides is 2. The van der Waals surface area contributed by atoms with E-state index in [0.717, 1.165) is 16.3 Å². The van der Waals surface area contributed by atoms with Crippen LogP contribution in [0.3, 0.4) is 0 Å². The van der Waals surface area contributed by atoms with Gasteiger partial charge in [0, 0.05) is 42.0 Å². The van der Waals surface area contributed by atoms with Crippen molar-refractivity contribution in [2.24, 2.45) is 0 Å². The van der Waals surface area contributed by atoms with Crippen molar-refractivity contribution in [2.75, 3.05) is 7.05 Å². The number of carbonyl (C=O) groups is 2. The summed E-state index contributed by atoms with van der Waals surface area (Å²) < 4.78 is 0. The van der Waals surface area contributed by atoms with E-state index in [-0.39, 0.29) is 18.4 Å². The first kappa shape index (κ1) is 19.6. The number of rotatable bonds is 6. The van der Waals surface area contributed by atoms with E-state index in [2.05, 4.69) is 16.9 Å². The Kier molecular flexibility index (Phi) is 6.06. The van der Waals surface area contributed by atoms with Crippen LogP contribution in [0, 0.1) is 0 Å². The highest BCUT2D eigenvalue weighted by Gasteiger charge is 2.31. The van der Waals surface area contributed by atoms with E-state index in [1.165, 1.54) is 11.0 Å². The molecule has 0 radical (unpaired) electrons. The number of pyridine rings is 1. The number of hydrogen-bond donors (Lipinski definition) is 1. The highest BCUT2D eigenvalue weighted by Crippen LogP contribution is 2.30. The van der Waals surface area contributed by atoms with Gasteiger partial charge in [-0.25, -0.2) is 0 Å². The Morgan fingerprint density at radius 2 is 1.89 bits per heavy atom. The summed E-state index contributed by atoms with van der Waals surface area (Å²) in [6.45, 7) is 3.76. The third-order valence-electron chi connectivity index (χ3n) is 4.56. The fourth-order valence-electron chi connectivity index (χ4n) is 3.17. The van der Waals surface area contributed by atoms with Crippen LogP contribution in [0.25, 0.3) is 10.8 Å². The highest BCUT2D eigenvalue weighted by atomic mass is 35.5. The van der Waals surface area contributed by atoms with Crippen molar-refractivity contribution >= 4 is 34.2 Å². The number of hydrogen-bond acceptors (Lipinski definition) is 3. The van der Waals surface area contributed by atoms with Crippen molar-refractivity contribution in [1.82, 2.24) is 15.2 Å². The Hall–Kier alpha value is -3.18. The lowest BCUT2D eigenvalue weighted by molar-refractivity contribution is -0.137.